The lowest BCUT2D eigenvalue weighted by atomic mass is 10.00. The molecule has 1 saturated carbocycles. The van der Waals surface area contributed by atoms with Crippen molar-refractivity contribution in [3.8, 4) is 11.3 Å². The second-order valence-electron chi connectivity index (χ2n) is 6.19. The maximum Gasteiger partial charge on any atom is 0.236 e. The summed E-state index contributed by atoms with van der Waals surface area (Å²) in [4.78, 5) is 12.8. The van der Waals surface area contributed by atoms with Gasteiger partial charge in [-0.25, -0.2) is 4.39 Å². The molecular formula is C19H13Cl2FN2O2. The first-order valence-electron chi connectivity index (χ1n) is 7.99. The summed E-state index contributed by atoms with van der Waals surface area (Å²) in [6.45, 7) is 0. The highest BCUT2D eigenvalue weighted by Crippen LogP contribution is 2.49. The van der Waals surface area contributed by atoms with E-state index >= 15 is 0 Å². The van der Waals surface area contributed by atoms with E-state index in [9.17, 15) is 9.18 Å². The number of aromatic nitrogens is 1. The van der Waals surface area contributed by atoms with Gasteiger partial charge in [0, 0.05) is 6.07 Å². The smallest absolute Gasteiger partial charge is 0.236 e. The van der Waals surface area contributed by atoms with Gasteiger partial charge in [0.2, 0.25) is 5.91 Å². The van der Waals surface area contributed by atoms with Crippen LogP contribution in [0.2, 0.25) is 10.0 Å². The zero-order valence-corrected chi connectivity index (χ0v) is 14.9. The number of carbonyl (C=O) groups is 1. The number of halogens is 3. The van der Waals surface area contributed by atoms with Crippen LogP contribution in [0.15, 0.2) is 53.1 Å². The Bertz CT molecular complexity index is 999. The van der Waals surface area contributed by atoms with Gasteiger partial charge in [-0.15, -0.1) is 0 Å². The van der Waals surface area contributed by atoms with E-state index in [-0.39, 0.29) is 16.7 Å². The average molecular weight is 391 g/mol. The standard InChI is InChI=1S/C19H13Cl2FN2O2/c20-12-5-3-7-14(17(12)21)23-18(25)19(8-9-19)16-10-15(26-24-16)11-4-1-2-6-13(11)22/h1-7,10H,8-9H2,(H,23,25). The van der Waals surface area contributed by atoms with Gasteiger partial charge in [0.1, 0.15) is 5.82 Å². The van der Waals surface area contributed by atoms with Crippen molar-refractivity contribution in [2.24, 2.45) is 0 Å². The molecule has 4 rings (SSSR count). The van der Waals surface area contributed by atoms with Crippen LogP contribution in [0, 0.1) is 5.82 Å². The second-order valence-corrected chi connectivity index (χ2v) is 6.98. The molecule has 1 aromatic heterocycles. The summed E-state index contributed by atoms with van der Waals surface area (Å²) in [5, 5.41) is 7.45. The molecule has 1 amide bonds. The molecule has 4 nitrogen and oxygen atoms in total. The first kappa shape index (κ1) is 17.1. The fourth-order valence-electron chi connectivity index (χ4n) is 2.86. The number of nitrogens with zero attached hydrogens (tertiary/aromatic N) is 1. The second kappa shape index (κ2) is 6.41. The van der Waals surface area contributed by atoms with Crippen LogP contribution in [0.1, 0.15) is 18.5 Å². The van der Waals surface area contributed by atoms with Crippen LogP contribution in [0.25, 0.3) is 11.3 Å². The monoisotopic (exact) mass is 390 g/mol. The molecule has 26 heavy (non-hydrogen) atoms. The number of anilines is 1. The van der Waals surface area contributed by atoms with E-state index in [4.69, 9.17) is 27.7 Å². The fourth-order valence-corrected chi connectivity index (χ4v) is 3.20. The third-order valence-corrected chi connectivity index (χ3v) is 5.34. The lowest BCUT2D eigenvalue weighted by molar-refractivity contribution is -0.118. The molecule has 2 aromatic carbocycles. The van der Waals surface area contributed by atoms with Crippen molar-refractivity contribution in [1.82, 2.24) is 5.16 Å². The van der Waals surface area contributed by atoms with Crippen molar-refractivity contribution in [3.63, 3.8) is 0 Å². The zero-order chi connectivity index (χ0) is 18.3. The Hall–Kier alpha value is -2.37. The SMILES string of the molecule is O=C(Nc1cccc(Cl)c1Cl)C1(c2cc(-c3ccccc3F)on2)CC1. The molecule has 0 saturated heterocycles. The lowest BCUT2D eigenvalue weighted by Crippen LogP contribution is -2.28. The zero-order valence-electron chi connectivity index (χ0n) is 13.4. The number of benzene rings is 2. The predicted molar refractivity (Wildman–Crippen MR) is 97.9 cm³/mol. The van der Waals surface area contributed by atoms with Crippen molar-refractivity contribution in [2.75, 3.05) is 5.32 Å². The van der Waals surface area contributed by atoms with Gasteiger partial charge in [-0.1, -0.05) is 46.6 Å². The third kappa shape index (κ3) is 2.87. The minimum Gasteiger partial charge on any atom is -0.356 e. The third-order valence-electron chi connectivity index (χ3n) is 4.52. The van der Waals surface area contributed by atoms with E-state index in [2.05, 4.69) is 10.5 Å². The van der Waals surface area contributed by atoms with Gasteiger partial charge in [-0.05, 0) is 37.1 Å². The predicted octanol–water partition coefficient (Wildman–Crippen LogP) is 5.46. The molecule has 0 atom stereocenters. The summed E-state index contributed by atoms with van der Waals surface area (Å²) in [6.07, 6.45) is 1.25. The van der Waals surface area contributed by atoms with Crippen molar-refractivity contribution in [3.05, 3.63) is 70.1 Å². The van der Waals surface area contributed by atoms with E-state index < -0.39 is 11.2 Å². The van der Waals surface area contributed by atoms with Crippen LogP contribution >= 0.6 is 23.2 Å². The van der Waals surface area contributed by atoms with Gasteiger partial charge < -0.3 is 9.84 Å². The number of hydrogen-bond donors (Lipinski definition) is 1. The molecule has 1 heterocycles. The number of carbonyl (C=O) groups excluding carboxylic acids is 1. The Balaban J connectivity index is 1.61. The van der Waals surface area contributed by atoms with Crippen LogP contribution in [-0.4, -0.2) is 11.1 Å². The number of nitrogens with one attached hydrogen (secondary N) is 1. The van der Waals surface area contributed by atoms with E-state index in [1.165, 1.54) is 6.07 Å². The summed E-state index contributed by atoms with van der Waals surface area (Å²) in [5.74, 6) is -0.358. The number of hydrogen-bond acceptors (Lipinski definition) is 3. The Morgan fingerprint density at radius 2 is 1.92 bits per heavy atom. The molecule has 132 valence electrons. The summed E-state index contributed by atoms with van der Waals surface area (Å²) in [7, 11) is 0. The van der Waals surface area contributed by atoms with Gasteiger partial charge >= 0.3 is 0 Å². The average Bonchev–Trinajstić information content (AvgIpc) is 3.30. The molecule has 0 aliphatic heterocycles. The maximum atomic E-state index is 13.9. The van der Waals surface area contributed by atoms with Crippen molar-refractivity contribution < 1.29 is 13.7 Å². The maximum absolute atomic E-state index is 13.9. The molecular weight excluding hydrogens is 378 g/mol. The van der Waals surface area contributed by atoms with Gasteiger partial charge in [0.25, 0.3) is 0 Å². The van der Waals surface area contributed by atoms with Crippen molar-refractivity contribution in [1.29, 1.82) is 0 Å². The minimum absolute atomic E-state index is 0.241. The van der Waals surface area contributed by atoms with Crippen LogP contribution in [0.4, 0.5) is 10.1 Å². The van der Waals surface area contributed by atoms with Gasteiger partial charge in [-0.3, -0.25) is 4.79 Å². The van der Waals surface area contributed by atoms with Crippen LogP contribution in [-0.2, 0) is 10.2 Å². The van der Waals surface area contributed by atoms with Crippen LogP contribution in [0.3, 0.4) is 0 Å². The van der Waals surface area contributed by atoms with Crippen LogP contribution < -0.4 is 5.32 Å². The minimum atomic E-state index is -0.793. The Labute approximate surface area is 158 Å². The van der Waals surface area contributed by atoms with E-state index in [1.807, 2.05) is 0 Å². The highest BCUT2D eigenvalue weighted by atomic mass is 35.5. The van der Waals surface area contributed by atoms with Crippen molar-refractivity contribution in [2.45, 2.75) is 18.3 Å². The normalized spacial score (nSPS) is 14.9. The topological polar surface area (TPSA) is 55.1 Å². The number of rotatable bonds is 4. The molecule has 0 radical (unpaired) electrons. The van der Waals surface area contributed by atoms with Gasteiger partial charge in [0.15, 0.2) is 5.76 Å². The summed E-state index contributed by atoms with van der Waals surface area (Å²) < 4.78 is 19.2. The molecule has 0 bridgehead atoms. The van der Waals surface area contributed by atoms with E-state index in [1.54, 1.807) is 42.5 Å². The van der Waals surface area contributed by atoms with Gasteiger partial charge in [0.05, 0.1) is 32.4 Å². The summed E-state index contributed by atoms with van der Waals surface area (Å²) in [5.41, 5.74) is 0.429. The highest BCUT2D eigenvalue weighted by Gasteiger charge is 2.54. The molecule has 0 unspecified atom stereocenters. The lowest BCUT2D eigenvalue weighted by Gasteiger charge is -2.13. The molecule has 1 N–H and O–H groups in total. The molecule has 1 aliphatic carbocycles. The molecule has 3 aromatic rings. The Morgan fingerprint density at radius 3 is 2.65 bits per heavy atom. The number of amides is 1. The van der Waals surface area contributed by atoms with E-state index in [0.717, 1.165) is 0 Å². The quantitative estimate of drug-likeness (QED) is 0.643. The van der Waals surface area contributed by atoms with Crippen LogP contribution in [0.5, 0.6) is 0 Å². The molecule has 0 spiro atoms. The fraction of sp³-hybridized carbons (Fsp3) is 0.158. The van der Waals surface area contributed by atoms with E-state index in [0.29, 0.717) is 34.8 Å². The largest absolute Gasteiger partial charge is 0.356 e. The van der Waals surface area contributed by atoms with Gasteiger partial charge in [-0.2, -0.15) is 0 Å². The summed E-state index contributed by atoms with van der Waals surface area (Å²) >= 11 is 12.1. The van der Waals surface area contributed by atoms with Crippen molar-refractivity contribution >= 4 is 34.8 Å². The molecule has 7 heteroatoms. The molecule has 1 fully saturated rings. The Kier molecular flexibility index (Phi) is 4.21. The molecule has 1 aliphatic rings. The Morgan fingerprint density at radius 1 is 1.15 bits per heavy atom. The highest BCUT2D eigenvalue weighted by molar-refractivity contribution is 6.44. The first-order valence-corrected chi connectivity index (χ1v) is 8.74. The summed E-state index contributed by atoms with van der Waals surface area (Å²) in [6, 6.07) is 12.9. The first-order chi connectivity index (χ1) is 12.5.